The summed E-state index contributed by atoms with van der Waals surface area (Å²) in [5.74, 6) is 0. The van der Waals surface area contributed by atoms with Crippen LogP contribution in [-0.2, 0) is 10.0 Å². The zero-order chi connectivity index (χ0) is 14.5. The number of hydrogen-bond acceptors (Lipinski definition) is 4. The van der Waals surface area contributed by atoms with Crippen molar-refractivity contribution >= 4 is 15.7 Å². The van der Waals surface area contributed by atoms with E-state index in [1.165, 1.54) is 18.4 Å². The number of rotatable bonds is 7. The molecule has 1 aromatic carbocycles. The maximum atomic E-state index is 12.2. The van der Waals surface area contributed by atoms with E-state index in [2.05, 4.69) is 5.32 Å². The highest BCUT2D eigenvalue weighted by atomic mass is 32.2. The molecule has 0 aliphatic rings. The Morgan fingerprint density at radius 2 is 1.95 bits per heavy atom. The van der Waals surface area contributed by atoms with Gasteiger partial charge in [-0.3, -0.25) is 0 Å². The molecule has 0 saturated carbocycles. The Morgan fingerprint density at radius 3 is 2.53 bits per heavy atom. The molecule has 0 heterocycles. The van der Waals surface area contributed by atoms with E-state index >= 15 is 0 Å². The van der Waals surface area contributed by atoms with Crippen molar-refractivity contribution in [1.29, 1.82) is 0 Å². The number of hydrogen-bond donors (Lipinski definition) is 2. The predicted octanol–water partition coefficient (Wildman–Crippen LogP) is 1.48. The molecule has 0 spiro atoms. The van der Waals surface area contributed by atoms with Crippen LogP contribution in [0.1, 0.15) is 19.8 Å². The van der Waals surface area contributed by atoms with Gasteiger partial charge in [0.05, 0.1) is 5.69 Å². The first-order chi connectivity index (χ1) is 8.85. The third-order valence-electron chi connectivity index (χ3n) is 2.80. The van der Waals surface area contributed by atoms with Crippen molar-refractivity contribution < 1.29 is 8.42 Å². The lowest BCUT2D eigenvalue weighted by molar-refractivity contribution is 0.521. The molecule has 1 aromatic rings. The fourth-order valence-corrected chi connectivity index (χ4v) is 2.74. The average Bonchev–Trinajstić information content (AvgIpc) is 2.34. The van der Waals surface area contributed by atoms with Crippen LogP contribution in [0, 0.1) is 0 Å². The lowest BCUT2D eigenvalue weighted by Gasteiger charge is -2.16. The van der Waals surface area contributed by atoms with Crippen molar-refractivity contribution in [1.82, 2.24) is 4.31 Å². The van der Waals surface area contributed by atoms with Gasteiger partial charge < -0.3 is 11.1 Å². The quantitative estimate of drug-likeness (QED) is 0.744. The van der Waals surface area contributed by atoms with E-state index in [0.29, 0.717) is 17.1 Å². The summed E-state index contributed by atoms with van der Waals surface area (Å²) >= 11 is 0. The van der Waals surface area contributed by atoms with Crippen LogP contribution in [0.15, 0.2) is 29.2 Å². The van der Waals surface area contributed by atoms with Gasteiger partial charge in [-0.1, -0.05) is 12.1 Å². The molecule has 1 atom stereocenters. The molecule has 0 amide bonds. The smallest absolute Gasteiger partial charge is 0.244 e. The largest absolute Gasteiger partial charge is 0.384 e. The number of benzene rings is 1. The Bertz CT molecular complexity index is 498. The minimum Gasteiger partial charge on any atom is -0.384 e. The van der Waals surface area contributed by atoms with Crippen molar-refractivity contribution in [2.75, 3.05) is 26.0 Å². The number of sulfonamides is 1. The Morgan fingerprint density at radius 1 is 1.32 bits per heavy atom. The topological polar surface area (TPSA) is 75.4 Å². The molecule has 6 heteroatoms. The first kappa shape index (κ1) is 15.9. The molecule has 1 rings (SSSR count). The molecule has 5 nitrogen and oxygen atoms in total. The van der Waals surface area contributed by atoms with Crippen molar-refractivity contribution in [3.8, 4) is 0 Å². The van der Waals surface area contributed by atoms with Gasteiger partial charge >= 0.3 is 0 Å². The summed E-state index contributed by atoms with van der Waals surface area (Å²) < 4.78 is 25.5. The normalized spacial score (nSPS) is 13.5. The van der Waals surface area contributed by atoms with E-state index < -0.39 is 10.0 Å². The van der Waals surface area contributed by atoms with Crippen LogP contribution in [0.5, 0.6) is 0 Å². The first-order valence-corrected chi connectivity index (χ1v) is 7.80. The lowest BCUT2D eigenvalue weighted by Crippen LogP contribution is -2.23. The van der Waals surface area contributed by atoms with E-state index in [-0.39, 0.29) is 6.04 Å². The molecule has 108 valence electrons. The monoisotopic (exact) mass is 285 g/mol. The Balaban J connectivity index is 2.80. The van der Waals surface area contributed by atoms with E-state index in [9.17, 15) is 8.42 Å². The van der Waals surface area contributed by atoms with Gasteiger partial charge in [0.2, 0.25) is 10.0 Å². The number of anilines is 1. The Labute approximate surface area is 115 Å². The molecule has 0 aromatic heterocycles. The fourth-order valence-electron chi connectivity index (χ4n) is 1.68. The average molecular weight is 285 g/mol. The summed E-state index contributed by atoms with van der Waals surface area (Å²) in [6.07, 6.45) is 1.82. The standard InChI is InChI=1S/C13H23N3O2S/c1-11(14)7-6-10-15-12-8-4-5-9-13(12)19(17,18)16(2)3/h4-5,8-9,11,15H,6-7,10,14H2,1-3H3. The number of nitrogens with one attached hydrogen (secondary N) is 1. The van der Waals surface area contributed by atoms with E-state index in [4.69, 9.17) is 5.73 Å². The highest BCUT2D eigenvalue weighted by Gasteiger charge is 2.20. The van der Waals surface area contributed by atoms with Crippen LogP contribution >= 0.6 is 0 Å². The number of nitrogens with zero attached hydrogens (tertiary/aromatic N) is 1. The zero-order valence-electron chi connectivity index (χ0n) is 11.8. The molecule has 1 unspecified atom stereocenters. The summed E-state index contributed by atoms with van der Waals surface area (Å²) in [7, 11) is -0.355. The van der Waals surface area contributed by atoms with Crippen molar-refractivity contribution in [3.63, 3.8) is 0 Å². The highest BCUT2D eigenvalue weighted by Crippen LogP contribution is 2.23. The van der Waals surface area contributed by atoms with Crippen molar-refractivity contribution in [2.24, 2.45) is 5.73 Å². The third-order valence-corrected chi connectivity index (χ3v) is 4.67. The van der Waals surface area contributed by atoms with Crippen molar-refractivity contribution in [3.05, 3.63) is 24.3 Å². The molecule has 3 N–H and O–H groups in total. The Kier molecular flexibility index (Phi) is 5.78. The second-order valence-corrected chi connectivity index (χ2v) is 6.95. The van der Waals surface area contributed by atoms with Gasteiger partial charge in [-0.2, -0.15) is 0 Å². The first-order valence-electron chi connectivity index (χ1n) is 6.36. The van der Waals surface area contributed by atoms with E-state index in [0.717, 1.165) is 12.8 Å². The van der Waals surface area contributed by atoms with Crippen LogP contribution in [0.3, 0.4) is 0 Å². The van der Waals surface area contributed by atoms with Gasteiger partial charge in [0.1, 0.15) is 4.90 Å². The summed E-state index contributed by atoms with van der Waals surface area (Å²) in [4.78, 5) is 0.306. The highest BCUT2D eigenvalue weighted by molar-refractivity contribution is 7.89. The minimum absolute atomic E-state index is 0.169. The van der Waals surface area contributed by atoms with E-state index in [1.54, 1.807) is 18.2 Å². The summed E-state index contributed by atoms with van der Waals surface area (Å²) in [5, 5.41) is 3.17. The maximum absolute atomic E-state index is 12.2. The summed E-state index contributed by atoms with van der Waals surface area (Å²) in [6, 6.07) is 7.11. The molecule has 19 heavy (non-hydrogen) atoms. The summed E-state index contributed by atoms with van der Waals surface area (Å²) in [5.41, 5.74) is 6.32. The molecular formula is C13H23N3O2S. The van der Waals surface area contributed by atoms with Crippen LogP contribution in [-0.4, -0.2) is 39.4 Å². The van der Waals surface area contributed by atoms with Gasteiger partial charge in [-0.25, -0.2) is 12.7 Å². The SMILES string of the molecule is CC(N)CCCNc1ccccc1S(=O)(=O)N(C)C. The number of nitrogens with two attached hydrogens (primary N) is 1. The lowest BCUT2D eigenvalue weighted by atomic mass is 10.2. The molecule has 0 saturated heterocycles. The third kappa shape index (κ3) is 4.49. The second-order valence-electron chi connectivity index (χ2n) is 4.83. The van der Waals surface area contributed by atoms with Gasteiger partial charge in [0.25, 0.3) is 0 Å². The molecule has 0 bridgehead atoms. The number of para-hydroxylation sites is 1. The zero-order valence-corrected chi connectivity index (χ0v) is 12.6. The van der Waals surface area contributed by atoms with Crippen LogP contribution < -0.4 is 11.1 Å². The Hall–Kier alpha value is -1.11. The summed E-state index contributed by atoms with van der Waals surface area (Å²) in [6.45, 7) is 2.67. The second kappa shape index (κ2) is 6.88. The van der Waals surface area contributed by atoms with Crippen LogP contribution in [0.25, 0.3) is 0 Å². The van der Waals surface area contributed by atoms with Crippen molar-refractivity contribution in [2.45, 2.75) is 30.7 Å². The molecule has 0 aliphatic heterocycles. The molecular weight excluding hydrogens is 262 g/mol. The van der Waals surface area contributed by atoms with Gasteiger partial charge in [-0.05, 0) is 31.9 Å². The van der Waals surface area contributed by atoms with E-state index in [1.807, 2.05) is 13.0 Å². The van der Waals surface area contributed by atoms with Gasteiger partial charge in [0, 0.05) is 26.7 Å². The van der Waals surface area contributed by atoms with Crippen LogP contribution in [0.4, 0.5) is 5.69 Å². The molecule has 0 aliphatic carbocycles. The predicted molar refractivity (Wildman–Crippen MR) is 78.7 cm³/mol. The van der Waals surface area contributed by atoms with Gasteiger partial charge in [-0.15, -0.1) is 0 Å². The van der Waals surface area contributed by atoms with Crippen LogP contribution in [0.2, 0.25) is 0 Å². The molecule has 0 radical (unpaired) electrons. The fraction of sp³-hybridized carbons (Fsp3) is 0.538. The maximum Gasteiger partial charge on any atom is 0.244 e. The minimum atomic E-state index is -3.41. The van der Waals surface area contributed by atoms with Gasteiger partial charge in [0.15, 0.2) is 0 Å². The molecule has 0 fully saturated rings.